The first-order valence-corrected chi connectivity index (χ1v) is 3.66. The van der Waals surface area contributed by atoms with Gasteiger partial charge in [-0.1, -0.05) is 17.5 Å². The summed E-state index contributed by atoms with van der Waals surface area (Å²) in [5.74, 6) is 3.36. The van der Waals surface area contributed by atoms with E-state index in [2.05, 4.69) is 5.92 Å². The fraction of sp³-hybridized carbons (Fsp3) is 0. The Kier molecular flexibility index (Phi) is 2.88. The van der Waals surface area contributed by atoms with Gasteiger partial charge < -0.3 is 5.11 Å². The van der Waals surface area contributed by atoms with Crippen molar-refractivity contribution in [2.45, 2.75) is 0 Å². The van der Waals surface area contributed by atoms with Crippen molar-refractivity contribution in [2.75, 3.05) is 0 Å². The zero-order valence-corrected chi connectivity index (χ0v) is 7.10. The molecule has 0 saturated carbocycles. The molecule has 0 spiro atoms. The molecule has 0 aliphatic rings. The first kappa shape index (κ1) is 9.56. The van der Waals surface area contributed by atoms with Gasteiger partial charge in [-0.15, -0.1) is 0 Å². The van der Waals surface area contributed by atoms with Gasteiger partial charge in [0, 0.05) is 0 Å². The summed E-state index contributed by atoms with van der Waals surface area (Å²) >= 11 is 5.45. The predicted molar refractivity (Wildman–Crippen MR) is 46.0 cm³/mol. The zero-order valence-electron chi connectivity index (χ0n) is 6.34. The van der Waals surface area contributed by atoms with Crippen molar-refractivity contribution in [2.24, 2.45) is 0 Å². The number of phenolic OH excluding ortho intramolecular Hbond substituents is 1. The van der Waals surface area contributed by atoms with Crippen molar-refractivity contribution < 1.29 is 14.3 Å². The molecule has 0 unspecified atom stereocenters. The molecule has 0 radical (unpaired) electrons. The summed E-state index contributed by atoms with van der Waals surface area (Å²) in [6.45, 7) is 0. The lowest BCUT2D eigenvalue weighted by molar-refractivity contribution is -0.103. The van der Waals surface area contributed by atoms with E-state index in [-0.39, 0.29) is 16.3 Å². The lowest BCUT2D eigenvalue weighted by Crippen LogP contribution is -1.82. The van der Waals surface area contributed by atoms with Crippen LogP contribution in [0.25, 0.3) is 0 Å². The Morgan fingerprint density at radius 2 is 2.23 bits per heavy atom. The minimum atomic E-state index is -0.613. The van der Waals surface area contributed by atoms with Crippen LogP contribution in [-0.2, 0) is 4.79 Å². The molecule has 0 aliphatic carbocycles. The molecular formula is C9H4ClFO2. The van der Waals surface area contributed by atoms with Crippen LogP contribution in [0.5, 0.6) is 5.75 Å². The summed E-state index contributed by atoms with van der Waals surface area (Å²) in [4.78, 5) is 9.88. The van der Waals surface area contributed by atoms with E-state index in [0.717, 1.165) is 12.1 Å². The molecule has 0 aliphatic heterocycles. The SMILES string of the molecule is O=CC#Cc1cc(F)cc(Cl)c1O. The Morgan fingerprint density at radius 3 is 2.85 bits per heavy atom. The number of carbonyl (C=O) groups is 1. The summed E-state index contributed by atoms with van der Waals surface area (Å²) in [5.41, 5.74) is -0.00269. The minimum absolute atomic E-state index is 0.00269. The number of hydrogen-bond acceptors (Lipinski definition) is 2. The Bertz CT molecular complexity index is 404. The van der Waals surface area contributed by atoms with Crippen LogP contribution < -0.4 is 0 Å². The van der Waals surface area contributed by atoms with E-state index in [1.54, 1.807) is 0 Å². The van der Waals surface area contributed by atoms with Crippen LogP contribution in [0.3, 0.4) is 0 Å². The quantitative estimate of drug-likeness (QED) is 0.509. The highest BCUT2D eigenvalue weighted by Crippen LogP contribution is 2.27. The summed E-state index contributed by atoms with van der Waals surface area (Å²) < 4.78 is 12.7. The summed E-state index contributed by atoms with van der Waals surface area (Å²) in [6.07, 6.45) is 0.345. The van der Waals surface area contributed by atoms with Gasteiger partial charge in [-0.05, 0) is 18.1 Å². The van der Waals surface area contributed by atoms with Gasteiger partial charge in [-0.3, -0.25) is 4.79 Å². The van der Waals surface area contributed by atoms with Crippen LogP contribution in [0.2, 0.25) is 5.02 Å². The van der Waals surface area contributed by atoms with Crippen LogP contribution in [0, 0.1) is 17.7 Å². The van der Waals surface area contributed by atoms with Gasteiger partial charge in [-0.25, -0.2) is 4.39 Å². The first-order valence-electron chi connectivity index (χ1n) is 3.28. The molecule has 0 fully saturated rings. The fourth-order valence-electron chi connectivity index (χ4n) is 0.768. The number of aldehydes is 1. The Morgan fingerprint density at radius 1 is 1.54 bits per heavy atom. The van der Waals surface area contributed by atoms with Crippen molar-refractivity contribution in [1.29, 1.82) is 0 Å². The molecular weight excluding hydrogens is 195 g/mol. The van der Waals surface area contributed by atoms with Gasteiger partial charge in [0.05, 0.1) is 10.6 Å². The fourth-order valence-corrected chi connectivity index (χ4v) is 0.975. The number of carbonyl (C=O) groups excluding carboxylic acids is 1. The maximum Gasteiger partial charge on any atom is 0.193 e. The van der Waals surface area contributed by atoms with Crippen LogP contribution in [0.15, 0.2) is 12.1 Å². The Hall–Kier alpha value is -1.53. The monoisotopic (exact) mass is 198 g/mol. The molecule has 1 N–H and O–H groups in total. The number of halogens is 2. The number of phenols is 1. The molecule has 4 heteroatoms. The lowest BCUT2D eigenvalue weighted by Gasteiger charge is -1.99. The predicted octanol–water partition coefficient (Wildman–Crippen LogP) is 1.74. The van der Waals surface area contributed by atoms with Gasteiger partial charge in [-0.2, -0.15) is 0 Å². The van der Waals surface area contributed by atoms with E-state index in [1.807, 2.05) is 5.92 Å². The van der Waals surface area contributed by atoms with E-state index in [4.69, 9.17) is 11.6 Å². The third-order valence-corrected chi connectivity index (χ3v) is 1.58. The second kappa shape index (κ2) is 3.92. The van der Waals surface area contributed by atoms with Gasteiger partial charge in [0.25, 0.3) is 0 Å². The maximum atomic E-state index is 12.7. The molecule has 0 saturated heterocycles. The summed E-state index contributed by atoms with van der Waals surface area (Å²) in [6, 6.07) is 1.96. The highest BCUT2D eigenvalue weighted by Gasteiger charge is 2.05. The van der Waals surface area contributed by atoms with Crippen LogP contribution >= 0.6 is 11.6 Å². The summed E-state index contributed by atoms with van der Waals surface area (Å²) in [5, 5.41) is 9.10. The topological polar surface area (TPSA) is 37.3 Å². The maximum absolute atomic E-state index is 12.7. The molecule has 0 atom stereocenters. The number of aromatic hydroxyl groups is 1. The van der Waals surface area contributed by atoms with Gasteiger partial charge in [0.2, 0.25) is 0 Å². The first-order chi connectivity index (χ1) is 6.15. The smallest absolute Gasteiger partial charge is 0.193 e. The molecule has 0 heterocycles. The molecule has 1 aromatic carbocycles. The molecule has 2 nitrogen and oxygen atoms in total. The molecule has 1 aromatic rings. The van der Waals surface area contributed by atoms with Gasteiger partial charge in [0.15, 0.2) is 6.29 Å². The highest BCUT2D eigenvalue weighted by molar-refractivity contribution is 6.32. The molecule has 0 amide bonds. The molecule has 66 valence electrons. The largest absolute Gasteiger partial charge is 0.505 e. The zero-order chi connectivity index (χ0) is 9.84. The molecule has 0 bridgehead atoms. The standard InChI is InChI=1S/C9H4ClFO2/c10-8-5-7(11)4-6(9(8)13)2-1-3-12/h3-5,13H. The van der Waals surface area contributed by atoms with Crippen molar-refractivity contribution in [3.63, 3.8) is 0 Å². The average molecular weight is 199 g/mol. The van der Waals surface area contributed by atoms with Crippen molar-refractivity contribution in [1.82, 2.24) is 0 Å². The summed E-state index contributed by atoms with van der Waals surface area (Å²) in [7, 11) is 0. The molecule has 1 rings (SSSR count). The molecule has 13 heavy (non-hydrogen) atoms. The number of rotatable bonds is 0. The van der Waals surface area contributed by atoms with E-state index >= 15 is 0 Å². The Balaban J connectivity index is 3.28. The van der Waals surface area contributed by atoms with Crippen LogP contribution in [0.1, 0.15) is 5.56 Å². The van der Waals surface area contributed by atoms with Gasteiger partial charge in [0.1, 0.15) is 11.6 Å². The van der Waals surface area contributed by atoms with E-state index < -0.39 is 5.82 Å². The van der Waals surface area contributed by atoms with Crippen molar-refractivity contribution in [3.8, 4) is 17.6 Å². The van der Waals surface area contributed by atoms with Crippen LogP contribution in [0.4, 0.5) is 4.39 Å². The van der Waals surface area contributed by atoms with Gasteiger partial charge >= 0.3 is 0 Å². The minimum Gasteiger partial charge on any atom is -0.505 e. The average Bonchev–Trinajstić information content (AvgIpc) is 2.09. The number of hydrogen-bond donors (Lipinski definition) is 1. The normalized spacial score (nSPS) is 8.77. The van der Waals surface area contributed by atoms with Crippen LogP contribution in [-0.4, -0.2) is 11.4 Å². The third kappa shape index (κ3) is 2.20. The third-order valence-electron chi connectivity index (χ3n) is 1.29. The second-order valence-electron chi connectivity index (χ2n) is 2.17. The lowest BCUT2D eigenvalue weighted by atomic mass is 10.2. The number of benzene rings is 1. The van der Waals surface area contributed by atoms with E-state index in [9.17, 15) is 14.3 Å². The molecule has 0 aromatic heterocycles. The van der Waals surface area contributed by atoms with E-state index in [0.29, 0.717) is 6.29 Å². The van der Waals surface area contributed by atoms with Crippen molar-refractivity contribution >= 4 is 17.9 Å². The van der Waals surface area contributed by atoms with E-state index in [1.165, 1.54) is 0 Å². The van der Waals surface area contributed by atoms with Crippen molar-refractivity contribution in [3.05, 3.63) is 28.5 Å². The highest BCUT2D eigenvalue weighted by atomic mass is 35.5. The Labute approximate surface area is 79.0 Å². The second-order valence-corrected chi connectivity index (χ2v) is 2.58.